The van der Waals surface area contributed by atoms with Crippen LogP contribution in [0.3, 0.4) is 0 Å². The summed E-state index contributed by atoms with van der Waals surface area (Å²) in [6, 6.07) is 9.58. The van der Waals surface area contributed by atoms with Gasteiger partial charge in [0.25, 0.3) is 0 Å². The number of hydrogen-bond donors (Lipinski definition) is 1. The first-order chi connectivity index (χ1) is 9.86. The molecule has 0 heterocycles. The van der Waals surface area contributed by atoms with Gasteiger partial charge in [0.05, 0.1) is 0 Å². The quantitative estimate of drug-likeness (QED) is 0.637. The molecule has 1 aliphatic rings. The van der Waals surface area contributed by atoms with Crippen LogP contribution in [0.25, 0.3) is 0 Å². The maximum absolute atomic E-state index is 3.57. The van der Waals surface area contributed by atoms with E-state index in [0.29, 0.717) is 6.04 Å². The van der Waals surface area contributed by atoms with Crippen LogP contribution in [0.4, 0.5) is 0 Å². The number of rotatable bonds is 8. The van der Waals surface area contributed by atoms with Crippen LogP contribution in [0.1, 0.15) is 75.5 Å². The number of fused-ring (bicyclic) bond motifs is 1. The molecule has 1 aromatic carbocycles. The van der Waals surface area contributed by atoms with Gasteiger partial charge < -0.3 is 5.32 Å². The molecule has 112 valence electrons. The Morgan fingerprint density at radius 3 is 2.60 bits per heavy atom. The Kier molecular flexibility index (Phi) is 6.59. The van der Waals surface area contributed by atoms with E-state index in [9.17, 15) is 0 Å². The van der Waals surface area contributed by atoms with Crippen molar-refractivity contribution >= 4 is 0 Å². The van der Waals surface area contributed by atoms with Gasteiger partial charge in [-0.25, -0.2) is 0 Å². The Labute approximate surface area is 125 Å². The number of benzene rings is 1. The Morgan fingerprint density at radius 2 is 1.80 bits per heavy atom. The summed E-state index contributed by atoms with van der Waals surface area (Å²) in [7, 11) is 2.13. The molecule has 1 heteroatoms. The van der Waals surface area contributed by atoms with Crippen molar-refractivity contribution in [3.63, 3.8) is 0 Å². The topological polar surface area (TPSA) is 12.0 Å². The first kappa shape index (κ1) is 15.6. The Hall–Kier alpha value is -0.820. The van der Waals surface area contributed by atoms with Crippen LogP contribution < -0.4 is 5.32 Å². The molecular formula is C19H31N. The lowest BCUT2D eigenvalue weighted by atomic mass is 9.77. The van der Waals surface area contributed by atoms with Crippen molar-refractivity contribution < 1.29 is 0 Å². The zero-order valence-electron chi connectivity index (χ0n) is 13.3. The van der Waals surface area contributed by atoms with Crippen LogP contribution in [0, 0.1) is 5.92 Å². The normalized spacial score (nSPS) is 21.7. The molecule has 0 aromatic heterocycles. The SMILES string of the molecule is CCCCCCCCC1CCc2ccccc2C1NC. The monoisotopic (exact) mass is 273 g/mol. The van der Waals surface area contributed by atoms with Crippen molar-refractivity contribution in [1.29, 1.82) is 0 Å². The summed E-state index contributed by atoms with van der Waals surface area (Å²) in [5.41, 5.74) is 3.11. The second kappa shape index (κ2) is 8.46. The van der Waals surface area contributed by atoms with Gasteiger partial charge in [-0.2, -0.15) is 0 Å². The van der Waals surface area contributed by atoms with E-state index >= 15 is 0 Å². The zero-order valence-corrected chi connectivity index (χ0v) is 13.3. The number of nitrogens with one attached hydrogen (secondary N) is 1. The Balaban J connectivity index is 1.81. The predicted molar refractivity (Wildman–Crippen MR) is 88.0 cm³/mol. The lowest BCUT2D eigenvalue weighted by Gasteiger charge is -2.33. The molecule has 0 aliphatic heterocycles. The summed E-state index contributed by atoms with van der Waals surface area (Å²) in [6.45, 7) is 2.29. The van der Waals surface area contributed by atoms with Gasteiger partial charge in [0.1, 0.15) is 0 Å². The third-order valence-corrected chi connectivity index (χ3v) is 4.89. The highest BCUT2D eigenvalue weighted by Gasteiger charge is 2.27. The fourth-order valence-electron chi connectivity index (χ4n) is 3.72. The third-order valence-electron chi connectivity index (χ3n) is 4.89. The minimum atomic E-state index is 0.579. The molecule has 0 fully saturated rings. The van der Waals surface area contributed by atoms with Gasteiger partial charge in [-0.05, 0) is 43.4 Å². The highest BCUT2D eigenvalue weighted by atomic mass is 14.9. The molecule has 0 bridgehead atoms. The average molecular weight is 273 g/mol. The van der Waals surface area contributed by atoms with Crippen LogP contribution in [0.15, 0.2) is 24.3 Å². The van der Waals surface area contributed by atoms with Gasteiger partial charge >= 0.3 is 0 Å². The number of hydrogen-bond acceptors (Lipinski definition) is 1. The Bertz CT molecular complexity index is 385. The molecule has 0 saturated heterocycles. The summed E-state index contributed by atoms with van der Waals surface area (Å²) < 4.78 is 0. The first-order valence-electron chi connectivity index (χ1n) is 8.62. The van der Waals surface area contributed by atoms with E-state index in [-0.39, 0.29) is 0 Å². The van der Waals surface area contributed by atoms with Gasteiger partial charge in [0.15, 0.2) is 0 Å². The molecule has 2 unspecified atom stereocenters. The van der Waals surface area contributed by atoms with Gasteiger partial charge in [0.2, 0.25) is 0 Å². The van der Waals surface area contributed by atoms with E-state index in [4.69, 9.17) is 0 Å². The third kappa shape index (κ3) is 4.09. The van der Waals surface area contributed by atoms with Crippen LogP contribution in [0.2, 0.25) is 0 Å². The second-order valence-electron chi connectivity index (χ2n) is 6.32. The molecule has 1 aliphatic carbocycles. The van der Waals surface area contributed by atoms with Crippen LogP contribution in [0.5, 0.6) is 0 Å². The van der Waals surface area contributed by atoms with Gasteiger partial charge in [0, 0.05) is 6.04 Å². The summed E-state index contributed by atoms with van der Waals surface area (Å²) in [5.74, 6) is 0.834. The molecule has 2 rings (SSSR count). The largest absolute Gasteiger partial charge is 0.313 e. The zero-order chi connectivity index (χ0) is 14.2. The molecule has 1 N–H and O–H groups in total. The van der Waals surface area contributed by atoms with E-state index in [1.807, 2.05) is 0 Å². The van der Waals surface area contributed by atoms with E-state index in [1.165, 1.54) is 57.8 Å². The van der Waals surface area contributed by atoms with Gasteiger partial charge in [-0.1, -0.05) is 69.7 Å². The highest BCUT2D eigenvalue weighted by Crippen LogP contribution is 2.36. The van der Waals surface area contributed by atoms with Crippen molar-refractivity contribution in [2.45, 2.75) is 70.8 Å². The van der Waals surface area contributed by atoms with E-state index in [0.717, 1.165) is 5.92 Å². The summed E-state index contributed by atoms with van der Waals surface area (Å²) in [5, 5.41) is 3.57. The molecule has 1 aromatic rings. The molecule has 0 amide bonds. The van der Waals surface area contributed by atoms with Gasteiger partial charge in [-0.3, -0.25) is 0 Å². The molecule has 20 heavy (non-hydrogen) atoms. The van der Waals surface area contributed by atoms with Crippen LogP contribution in [-0.2, 0) is 6.42 Å². The highest BCUT2D eigenvalue weighted by molar-refractivity contribution is 5.32. The summed E-state index contributed by atoms with van der Waals surface area (Å²) in [4.78, 5) is 0. The van der Waals surface area contributed by atoms with Crippen molar-refractivity contribution in [1.82, 2.24) is 5.32 Å². The molecule has 2 atom stereocenters. The van der Waals surface area contributed by atoms with Crippen molar-refractivity contribution in [2.75, 3.05) is 7.05 Å². The van der Waals surface area contributed by atoms with E-state index in [2.05, 4.69) is 43.6 Å². The van der Waals surface area contributed by atoms with Crippen LogP contribution >= 0.6 is 0 Å². The lowest BCUT2D eigenvalue weighted by molar-refractivity contribution is 0.307. The molecule has 0 spiro atoms. The number of aryl methyl sites for hydroxylation is 1. The smallest absolute Gasteiger partial charge is 0.0349 e. The average Bonchev–Trinajstić information content (AvgIpc) is 2.50. The fourth-order valence-corrected chi connectivity index (χ4v) is 3.72. The summed E-state index contributed by atoms with van der Waals surface area (Å²) >= 11 is 0. The molecule has 0 saturated carbocycles. The van der Waals surface area contributed by atoms with Crippen molar-refractivity contribution in [2.24, 2.45) is 5.92 Å². The predicted octanol–water partition coefficient (Wildman–Crippen LogP) is 5.26. The lowest BCUT2D eigenvalue weighted by Crippen LogP contribution is -2.30. The van der Waals surface area contributed by atoms with Crippen molar-refractivity contribution in [3.8, 4) is 0 Å². The standard InChI is InChI=1S/C19H31N/c1-3-4-5-6-7-8-12-17-15-14-16-11-9-10-13-18(16)19(17)20-2/h9-11,13,17,19-20H,3-8,12,14-15H2,1-2H3. The molecule has 1 nitrogen and oxygen atoms in total. The fraction of sp³-hybridized carbons (Fsp3) is 0.684. The minimum absolute atomic E-state index is 0.579. The number of unbranched alkanes of at least 4 members (excludes halogenated alkanes) is 5. The minimum Gasteiger partial charge on any atom is -0.313 e. The second-order valence-corrected chi connectivity index (χ2v) is 6.32. The first-order valence-corrected chi connectivity index (χ1v) is 8.62. The maximum Gasteiger partial charge on any atom is 0.0349 e. The summed E-state index contributed by atoms with van der Waals surface area (Å²) in [6.07, 6.45) is 12.5. The Morgan fingerprint density at radius 1 is 1.05 bits per heavy atom. The maximum atomic E-state index is 3.57. The molecule has 0 radical (unpaired) electrons. The van der Waals surface area contributed by atoms with Crippen molar-refractivity contribution in [3.05, 3.63) is 35.4 Å². The van der Waals surface area contributed by atoms with E-state index in [1.54, 1.807) is 11.1 Å². The van der Waals surface area contributed by atoms with E-state index < -0.39 is 0 Å². The van der Waals surface area contributed by atoms with Gasteiger partial charge in [-0.15, -0.1) is 0 Å². The molecular weight excluding hydrogens is 242 g/mol. The van der Waals surface area contributed by atoms with Crippen LogP contribution in [-0.4, -0.2) is 7.05 Å².